The number of aromatic hydroxyl groups is 2. The average molecular weight is 677 g/mol. The molecule has 48 heavy (non-hydrogen) atoms. The summed E-state index contributed by atoms with van der Waals surface area (Å²) in [6.07, 6.45) is 0.112. The molecule has 2 heterocycles. The normalized spacial score (nSPS) is 13.6. The monoisotopic (exact) mass is 676 g/mol. The molecular formula is C34H37ClN6O7. The molecule has 3 aromatic carbocycles. The number of halogens is 1. The Balaban J connectivity index is 1.17. The first-order valence-electron chi connectivity index (χ1n) is 15.5. The number of fused-ring (bicyclic) bond motifs is 3. The van der Waals surface area contributed by atoms with Gasteiger partial charge in [0.15, 0.2) is 17.3 Å². The number of rotatable bonds is 15. The van der Waals surface area contributed by atoms with E-state index in [9.17, 15) is 19.8 Å². The third kappa shape index (κ3) is 8.48. The molecule has 0 fully saturated rings. The molecule has 0 radical (unpaired) electrons. The van der Waals surface area contributed by atoms with Crippen LogP contribution in [0.2, 0.25) is 5.02 Å². The van der Waals surface area contributed by atoms with Crippen molar-refractivity contribution in [3.8, 4) is 22.9 Å². The Bertz CT molecular complexity index is 1780. The van der Waals surface area contributed by atoms with E-state index in [1.54, 1.807) is 12.1 Å². The second-order valence-corrected chi connectivity index (χ2v) is 11.2. The van der Waals surface area contributed by atoms with Crippen LogP contribution in [-0.4, -0.2) is 88.6 Å². The Hall–Kier alpha value is -4.98. The van der Waals surface area contributed by atoms with Gasteiger partial charge in [0.05, 0.1) is 44.2 Å². The molecule has 1 atom stereocenters. The zero-order valence-electron chi connectivity index (χ0n) is 26.6. The van der Waals surface area contributed by atoms with Gasteiger partial charge in [0.25, 0.3) is 5.91 Å². The van der Waals surface area contributed by atoms with Crippen LogP contribution in [0.4, 0.5) is 0 Å². The lowest BCUT2D eigenvalue weighted by atomic mass is 10.00. The number of aromatic nitrogens is 3. The quantitative estimate of drug-likeness (QED) is 0.108. The van der Waals surface area contributed by atoms with E-state index >= 15 is 0 Å². The summed E-state index contributed by atoms with van der Waals surface area (Å²) >= 11 is 6.20. The Morgan fingerprint density at radius 1 is 0.896 bits per heavy atom. The smallest absolute Gasteiger partial charge is 0.251 e. The number of ether oxygens (including phenoxy) is 3. The molecule has 0 aliphatic carbocycles. The maximum Gasteiger partial charge on any atom is 0.251 e. The molecule has 0 unspecified atom stereocenters. The van der Waals surface area contributed by atoms with Crippen molar-refractivity contribution in [3.05, 3.63) is 94.0 Å². The standard InChI is InChI=1S/C34H37ClN6O7/c1-3-36-31(44)20-27-33-40-39-21(2)41(33)28-10-9-25(19-26(28)32(38-27)22-4-7-24(35)8-5-22)48-17-16-47-15-14-46-13-12-37-34(45)23-6-11-29(42)30(43)18-23/h4-11,18-19,27,42-43H,3,12-17,20H2,1-2H3,(H,36,44)(H,37,45)/t27-/m0/s1. The van der Waals surface area contributed by atoms with Gasteiger partial charge >= 0.3 is 0 Å². The topological polar surface area (TPSA) is 169 Å². The van der Waals surface area contributed by atoms with Gasteiger partial charge in [-0.1, -0.05) is 23.7 Å². The van der Waals surface area contributed by atoms with E-state index in [4.69, 9.17) is 30.8 Å². The molecule has 0 spiro atoms. The van der Waals surface area contributed by atoms with E-state index in [1.165, 1.54) is 18.2 Å². The molecule has 4 N–H and O–H groups in total. The number of nitrogens with one attached hydrogen (secondary N) is 2. The zero-order valence-corrected chi connectivity index (χ0v) is 27.4. The number of phenolic OH excluding ortho intramolecular Hbond substituents is 2. The predicted octanol–water partition coefficient (Wildman–Crippen LogP) is 3.90. The summed E-state index contributed by atoms with van der Waals surface area (Å²) in [5, 5.41) is 33.8. The van der Waals surface area contributed by atoms with Crippen LogP contribution in [0.3, 0.4) is 0 Å². The van der Waals surface area contributed by atoms with Crippen molar-refractivity contribution in [2.24, 2.45) is 4.99 Å². The molecule has 1 aliphatic rings. The first kappa shape index (κ1) is 34.4. The van der Waals surface area contributed by atoms with Gasteiger partial charge in [-0.05, 0) is 62.4 Å². The summed E-state index contributed by atoms with van der Waals surface area (Å²) in [5.74, 6) is 0.695. The minimum Gasteiger partial charge on any atom is -0.504 e. The second-order valence-electron chi connectivity index (χ2n) is 10.8. The predicted molar refractivity (Wildman–Crippen MR) is 178 cm³/mol. The summed E-state index contributed by atoms with van der Waals surface area (Å²) in [4.78, 5) is 29.9. The molecular weight excluding hydrogens is 640 g/mol. The average Bonchev–Trinajstić information content (AvgIpc) is 3.40. The molecule has 13 nitrogen and oxygen atoms in total. The second kappa shape index (κ2) is 16.2. The number of phenols is 2. The Labute approximate surface area is 282 Å². The minimum absolute atomic E-state index is 0.112. The summed E-state index contributed by atoms with van der Waals surface area (Å²) < 4.78 is 19.1. The summed E-state index contributed by atoms with van der Waals surface area (Å²) in [5.41, 5.74) is 3.35. The van der Waals surface area contributed by atoms with Crippen molar-refractivity contribution in [1.82, 2.24) is 25.4 Å². The van der Waals surface area contributed by atoms with Gasteiger partial charge in [0.1, 0.15) is 24.2 Å². The fourth-order valence-electron chi connectivity index (χ4n) is 5.13. The number of aliphatic imine (C=N–C) groups is 1. The Morgan fingerprint density at radius 2 is 1.65 bits per heavy atom. The van der Waals surface area contributed by atoms with E-state index in [2.05, 4.69) is 20.8 Å². The molecule has 4 aromatic rings. The molecule has 1 aromatic heterocycles. The number of hydrogen-bond donors (Lipinski definition) is 4. The lowest BCUT2D eigenvalue weighted by Crippen LogP contribution is -2.27. The maximum atomic E-state index is 12.7. The molecule has 2 amide bonds. The van der Waals surface area contributed by atoms with Crippen LogP contribution in [0.15, 0.2) is 65.7 Å². The van der Waals surface area contributed by atoms with Gasteiger partial charge in [-0.25, -0.2) is 0 Å². The highest BCUT2D eigenvalue weighted by Crippen LogP contribution is 2.34. The number of carbonyl (C=O) groups excluding carboxylic acids is 2. The molecule has 14 heteroatoms. The van der Waals surface area contributed by atoms with Crippen molar-refractivity contribution in [2.75, 3.05) is 46.1 Å². The number of nitrogens with zero attached hydrogens (tertiary/aromatic N) is 4. The first-order chi connectivity index (χ1) is 23.2. The number of hydrogen-bond acceptors (Lipinski definition) is 10. The fraction of sp³-hybridized carbons (Fsp3) is 0.324. The Kier molecular flexibility index (Phi) is 11.6. The van der Waals surface area contributed by atoms with Crippen LogP contribution in [0.5, 0.6) is 17.2 Å². The van der Waals surface area contributed by atoms with Crippen LogP contribution in [-0.2, 0) is 14.3 Å². The highest BCUT2D eigenvalue weighted by atomic mass is 35.5. The fourth-order valence-corrected chi connectivity index (χ4v) is 5.25. The van der Waals surface area contributed by atoms with Gasteiger partial charge in [0, 0.05) is 34.8 Å². The molecule has 5 rings (SSSR count). The van der Waals surface area contributed by atoms with Gasteiger partial charge in [0.2, 0.25) is 5.91 Å². The zero-order chi connectivity index (χ0) is 34.0. The van der Waals surface area contributed by atoms with E-state index < -0.39 is 6.04 Å². The van der Waals surface area contributed by atoms with Crippen LogP contribution >= 0.6 is 11.6 Å². The molecule has 0 bridgehead atoms. The van der Waals surface area contributed by atoms with Crippen LogP contribution in [0.25, 0.3) is 5.69 Å². The molecule has 252 valence electrons. The number of aryl methyl sites for hydroxylation is 1. The van der Waals surface area contributed by atoms with Gasteiger partial charge in [-0.2, -0.15) is 0 Å². The minimum atomic E-state index is -0.569. The summed E-state index contributed by atoms with van der Waals surface area (Å²) in [6, 6.07) is 16.4. The van der Waals surface area contributed by atoms with Gasteiger partial charge in [-0.3, -0.25) is 19.1 Å². The largest absolute Gasteiger partial charge is 0.504 e. The third-order valence-corrected chi connectivity index (χ3v) is 7.66. The van der Waals surface area contributed by atoms with Crippen molar-refractivity contribution in [1.29, 1.82) is 0 Å². The van der Waals surface area contributed by atoms with E-state index in [0.29, 0.717) is 61.1 Å². The van der Waals surface area contributed by atoms with Crippen LogP contribution in [0.1, 0.15) is 52.5 Å². The highest BCUT2D eigenvalue weighted by molar-refractivity contribution is 6.30. The van der Waals surface area contributed by atoms with E-state index in [0.717, 1.165) is 16.8 Å². The SMILES string of the molecule is CCNC(=O)C[C@@H]1N=C(c2ccc(Cl)cc2)c2cc(OCCOCCOCCNC(=O)c3ccc(O)c(O)c3)ccc2-n2c(C)nnc21. The van der Waals surface area contributed by atoms with Crippen molar-refractivity contribution >= 4 is 29.1 Å². The number of amides is 2. The molecule has 0 saturated carbocycles. The molecule has 0 saturated heterocycles. The van der Waals surface area contributed by atoms with E-state index in [1.807, 2.05) is 48.7 Å². The van der Waals surface area contributed by atoms with Crippen molar-refractivity contribution in [2.45, 2.75) is 26.3 Å². The number of benzene rings is 3. The number of carbonyl (C=O) groups is 2. The summed E-state index contributed by atoms with van der Waals surface area (Å²) in [6.45, 7) is 6.07. The van der Waals surface area contributed by atoms with E-state index in [-0.39, 0.29) is 48.4 Å². The Morgan fingerprint density at radius 3 is 2.40 bits per heavy atom. The van der Waals surface area contributed by atoms with Gasteiger partial charge < -0.3 is 35.1 Å². The van der Waals surface area contributed by atoms with Crippen molar-refractivity contribution < 1.29 is 34.0 Å². The molecule has 1 aliphatic heterocycles. The lowest BCUT2D eigenvalue weighted by molar-refractivity contribution is -0.121. The lowest BCUT2D eigenvalue weighted by Gasteiger charge is -2.15. The van der Waals surface area contributed by atoms with Crippen molar-refractivity contribution in [3.63, 3.8) is 0 Å². The maximum absolute atomic E-state index is 12.7. The highest BCUT2D eigenvalue weighted by Gasteiger charge is 2.30. The first-order valence-corrected chi connectivity index (χ1v) is 15.9. The van der Waals surface area contributed by atoms with Gasteiger partial charge in [-0.15, -0.1) is 10.2 Å². The van der Waals surface area contributed by atoms with Crippen LogP contribution < -0.4 is 15.4 Å². The summed E-state index contributed by atoms with van der Waals surface area (Å²) in [7, 11) is 0. The third-order valence-electron chi connectivity index (χ3n) is 7.41. The van der Waals surface area contributed by atoms with Crippen LogP contribution in [0, 0.1) is 6.92 Å².